The van der Waals surface area contributed by atoms with E-state index < -0.39 is 10.0 Å². The van der Waals surface area contributed by atoms with Crippen LogP contribution in [-0.4, -0.2) is 26.0 Å². The Balaban J connectivity index is 2.21. The SMILES string of the molecule is CSC1CCCC(Nc2ccc(N)cc2S(N)(=O)=O)C1. The highest BCUT2D eigenvalue weighted by atomic mass is 32.2. The summed E-state index contributed by atoms with van der Waals surface area (Å²) in [4.78, 5) is 0.0729. The molecule has 5 N–H and O–H groups in total. The molecular weight excluding hydrogens is 294 g/mol. The number of thioether (sulfide) groups is 1. The Hall–Kier alpha value is -0.920. The summed E-state index contributed by atoms with van der Waals surface area (Å²) in [5, 5.41) is 9.21. The van der Waals surface area contributed by atoms with Crippen LogP contribution in [0.5, 0.6) is 0 Å². The quantitative estimate of drug-likeness (QED) is 0.738. The molecule has 2 rings (SSSR count). The molecule has 1 aromatic rings. The van der Waals surface area contributed by atoms with Crippen molar-refractivity contribution in [1.29, 1.82) is 0 Å². The van der Waals surface area contributed by atoms with Gasteiger partial charge in [0, 0.05) is 17.0 Å². The molecule has 0 radical (unpaired) electrons. The molecule has 20 heavy (non-hydrogen) atoms. The standard InChI is InChI=1S/C13H21N3O2S2/c1-19-11-4-2-3-10(8-11)16-12-6-5-9(14)7-13(12)20(15,17)18/h5-7,10-11,16H,2-4,8,14H2,1H3,(H2,15,17,18). The van der Waals surface area contributed by atoms with Crippen LogP contribution in [0.15, 0.2) is 23.1 Å². The number of rotatable bonds is 4. The molecule has 1 aliphatic rings. The molecule has 1 saturated carbocycles. The fraction of sp³-hybridized carbons (Fsp3) is 0.538. The summed E-state index contributed by atoms with van der Waals surface area (Å²) in [6.07, 6.45) is 6.58. The number of benzene rings is 1. The molecular formula is C13H21N3O2S2. The summed E-state index contributed by atoms with van der Waals surface area (Å²) in [7, 11) is -3.77. The van der Waals surface area contributed by atoms with Gasteiger partial charge in [-0.25, -0.2) is 13.6 Å². The lowest BCUT2D eigenvalue weighted by Gasteiger charge is -2.30. The highest BCUT2D eigenvalue weighted by Gasteiger charge is 2.23. The van der Waals surface area contributed by atoms with Crippen molar-refractivity contribution in [3.63, 3.8) is 0 Å². The molecule has 7 heteroatoms. The number of sulfonamides is 1. The minimum Gasteiger partial charge on any atom is -0.399 e. The molecule has 0 bridgehead atoms. The summed E-state index contributed by atoms with van der Waals surface area (Å²) < 4.78 is 23.3. The first-order valence-electron chi connectivity index (χ1n) is 6.62. The van der Waals surface area contributed by atoms with Crippen LogP contribution >= 0.6 is 11.8 Å². The Morgan fingerprint density at radius 2 is 2.10 bits per heavy atom. The van der Waals surface area contributed by atoms with Crippen molar-refractivity contribution in [1.82, 2.24) is 0 Å². The predicted octanol–water partition coefficient (Wildman–Crippen LogP) is 2.00. The van der Waals surface area contributed by atoms with Gasteiger partial charge < -0.3 is 11.1 Å². The second kappa shape index (κ2) is 6.24. The van der Waals surface area contributed by atoms with Crippen molar-refractivity contribution < 1.29 is 8.42 Å². The third kappa shape index (κ3) is 3.80. The first-order valence-corrected chi connectivity index (χ1v) is 9.45. The number of primary sulfonamides is 1. The molecule has 112 valence electrons. The van der Waals surface area contributed by atoms with Crippen molar-refractivity contribution in [2.75, 3.05) is 17.3 Å². The molecule has 1 fully saturated rings. The fourth-order valence-electron chi connectivity index (χ4n) is 2.60. The largest absolute Gasteiger partial charge is 0.399 e. The summed E-state index contributed by atoms with van der Waals surface area (Å²) in [5.41, 5.74) is 6.59. The van der Waals surface area contributed by atoms with Crippen LogP contribution in [0.4, 0.5) is 11.4 Å². The minimum atomic E-state index is -3.77. The molecule has 1 aromatic carbocycles. The van der Waals surface area contributed by atoms with E-state index in [0.717, 1.165) is 19.3 Å². The van der Waals surface area contributed by atoms with Crippen LogP contribution in [0.2, 0.25) is 0 Å². The maximum absolute atomic E-state index is 11.6. The lowest BCUT2D eigenvalue weighted by atomic mass is 9.95. The Bertz CT molecular complexity index is 575. The van der Waals surface area contributed by atoms with Crippen molar-refractivity contribution >= 4 is 33.2 Å². The zero-order valence-corrected chi connectivity index (χ0v) is 13.1. The summed E-state index contributed by atoms with van der Waals surface area (Å²) in [6, 6.07) is 5.07. The highest BCUT2D eigenvalue weighted by Crippen LogP contribution is 2.31. The van der Waals surface area contributed by atoms with Crippen LogP contribution in [0.3, 0.4) is 0 Å². The van der Waals surface area contributed by atoms with E-state index in [0.29, 0.717) is 16.6 Å². The van der Waals surface area contributed by atoms with Gasteiger partial charge in [-0.3, -0.25) is 0 Å². The third-order valence-corrected chi connectivity index (χ3v) is 5.68. The van der Waals surface area contributed by atoms with Gasteiger partial charge in [0.25, 0.3) is 0 Å². The third-order valence-electron chi connectivity index (χ3n) is 3.63. The van der Waals surface area contributed by atoms with Crippen LogP contribution in [-0.2, 0) is 10.0 Å². The number of nitrogens with two attached hydrogens (primary N) is 2. The van der Waals surface area contributed by atoms with E-state index in [1.165, 1.54) is 12.5 Å². The van der Waals surface area contributed by atoms with E-state index in [9.17, 15) is 8.42 Å². The van der Waals surface area contributed by atoms with Crippen LogP contribution < -0.4 is 16.2 Å². The van der Waals surface area contributed by atoms with Gasteiger partial charge >= 0.3 is 0 Å². The van der Waals surface area contributed by atoms with Crippen molar-refractivity contribution in [3.05, 3.63) is 18.2 Å². The van der Waals surface area contributed by atoms with Crippen molar-refractivity contribution in [3.8, 4) is 0 Å². The number of nitrogens with one attached hydrogen (secondary N) is 1. The lowest BCUT2D eigenvalue weighted by molar-refractivity contribution is 0.473. The Morgan fingerprint density at radius 3 is 2.75 bits per heavy atom. The van der Waals surface area contributed by atoms with Gasteiger partial charge in [0.15, 0.2) is 0 Å². The lowest BCUT2D eigenvalue weighted by Crippen LogP contribution is -2.29. The summed E-state index contributed by atoms with van der Waals surface area (Å²) in [5.74, 6) is 0. The smallest absolute Gasteiger partial charge is 0.240 e. The Labute approximate surface area is 124 Å². The molecule has 1 aliphatic carbocycles. The van der Waals surface area contributed by atoms with Crippen LogP contribution in [0, 0.1) is 0 Å². The van der Waals surface area contributed by atoms with Gasteiger partial charge in [-0.15, -0.1) is 0 Å². The van der Waals surface area contributed by atoms with Gasteiger partial charge in [0.2, 0.25) is 10.0 Å². The van der Waals surface area contributed by atoms with E-state index >= 15 is 0 Å². The van der Waals surface area contributed by atoms with Crippen molar-refractivity contribution in [2.24, 2.45) is 5.14 Å². The zero-order chi connectivity index (χ0) is 14.8. The maximum atomic E-state index is 11.6. The molecule has 0 heterocycles. The molecule has 0 saturated heterocycles. The monoisotopic (exact) mass is 315 g/mol. The van der Waals surface area contributed by atoms with E-state index in [2.05, 4.69) is 11.6 Å². The Kier molecular flexibility index (Phi) is 4.82. The first-order chi connectivity index (χ1) is 9.40. The molecule has 2 unspecified atom stereocenters. The van der Waals surface area contributed by atoms with E-state index in [-0.39, 0.29) is 10.9 Å². The average Bonchev–Trinajstić information content (AvgIpc) is 2.40. The fourth-order valence-corrected chi connectivity index (χ4v) is 4.16. The number of nitrogen functional groups attached to an aromatic ring is 1. The summed E-state index contributed by atoms with van der Waals surface area (Å²) in [6.45, 7) is 0. The zero-order valence-electron chi connectivity index (χ0n) is 11.5. The molecule has 0 aliphatic heterocycles. The van der Waals surface area contributed by atoms with E-state index in [1.807, 2.05) is 11.8 Å². The molecule has 0 amide bonds. The normalized spacial score (nSPS) is 23.5. The second-order valence-corrected chi connectivity index (χ2v) is 7.83. The second-order valence-electron chi connectivity index (χ2n) is 5.17. The van der Waals surface area contributed by atoms with E-state index in [1.54, 1.807) is 12.1 Å². The molecule has 2 atom stereocenters. The highest BCUT2D eigenvalue weighted by molar-refractivity contribution is 7.99. The van der Waals surface area contributed by atoms with Crippen LogP contribution in [0.1, 0.15) is 25.7 Å². The molecule has 5 nitrogen and oxygen atoms in total. The summed E-state index contributed by atoms with van der Waals surface area (Å²) >= 11 is 1.87. The average molecular weight is 315 g/mol. The van der Waals surface area contributed by atoms with Crippen molar-refractivity contribution in [2.45, 2.75) is 41.9 Å². The number of hydrogen-bond acceptors (Lipinski definition) is 5. The van der Waals surface area contributed by atoms with E-state index in [4.69, 9.17) is 10.9 Å². The first kappa shape index (κ1) is 15.5. The number of hydrogen-bond donors (Lipinski definition) is 3. The van der Waals surface area contributed by atoms with Gasteiger partial charge in [0.1, 0.15) is 4.90 Å². The van der Waals surface area contributed by atoms with Gasteiger partial charge in [-0.1, -0.05) is 6.42 Å². The molecule has 0 spiro atoms. The van der Waals surface area contributed by atoms with Gasteiger partial charge in [-0.2, -0.15) is 11.8 Å². The Morgan fingerprint density at radius 1 is 1.35 bits per heavy atom. The van der Waals surface area contributed by atoms with Gasteiger partial charge in [0.05, 0.1) is 5.69 Å². The minimum absolute atomic E-state index is 0.0729. The number of anilines is 2. The van der Waals surface area contributed by atoms with Gasteiger partial charge in [-0.05, 0) is 43.7 Å². The van der Waals surface area contributed by atoms with Crippen LogP contribution in [0.25, 0.3) is 0 Å². The molecule has 0 aromatic heterocycles. The maximum Gasteiger partial charge on any atom is 0.240 e. The predicted molar refractivity (Wildman–Crippen MR) is 85.4 cm³/mol. The topological polar surface area (TPSA) is 98.2 Å².